The highest BCUT2D eigenvalue weighted by Crippen LogP contribution is 2.27. The van der Waals surface area contributed by atoms with E-state index in [0.717, 1.165) is 30.3 Å². The SMILES string of the molecule is COCc1cc(CNS(=O)(=O)c2cc3ccccc3nc2N(C)CCCCN(C)C)ccc1F.O=C(O)C(F)(F)F. The summed E-state index contributed by atoms with van der Waals surface area (Å²) in [6.45, 7) is 1.79. The Labute approximate surface area is 236 Å². The summed E-state index contributed by atoms with van der Waals surface area (Å²) in [5.41, 5.74) is 1.76. The molecule has 41 heavy (non-hydrogen) atoms. The van der Waals surface area contributed by atoms with Gasteiger partial charge in [-0.15, -0.1) is 0 Å². The third-order valence-corrected chi connectivity index (χ3v) is 7.19. The van der Waals surface area contributed by atoms with E-state index < -0.39 is 22.2 Å². The van der Waals surface area contributed by atoms with E-state index in [9.17, 15) is 26.0 Å². The molecule has 0 unspecified atom stereocenters. The average Bonchev–Trinajstić information content (AvgIpc) is 2.90. The Hall–Kier alpha value is -3.33. The topological polar surface area (TPSA) is 112 Å². The largest absolute Gasteiger partial charge is 0.490 e. The molecule has 0 bridgehead atoms. The molecule has 3 rings (SSSR count). The summed E-state index contributed by atoms with van der Waals surface area (Å²) < 4.78 is 80.1. The first kappa shape index (κ1) is 33.9. The number of ether oxygens (including phenoxy) is 1. The van der Waals surface area contributed by atoms with Gasteiger partial charge in [-0.25, -0.2) is 27.3 Å². The number of nitrogens with one attached hydrogen (secondary N) is 1. The molecule has 2 N–H and O–H groups in total. The maximum absolute atomic E-state index is 13.9. The standard InChI is InChI=1S/C25H33FN4O3S.C2HF3O2/c1-29(2)13-7-8-14-30(3)25-24(16-20-9-5-6-10-23(20)28-25)34(31,32)27-17-19-11-12-22(26)21(15-19)18-33-4;3-2(4,5)1(6)7/h5-6,9-12,15-16,27H,7-8,13-14,17-18H2,1-4H3;(H,6,7). The fourth-order valence-corrected chi connectivity index (χ4v) is 4.94. The molecule has 1 aromatic heterocycles. The molecule has 0 spiro atoms. The third kappa shape index (κ3) is 10.5. The first-order chi connectivity index (χ1) is 19.2. The Morgan fingerprint density at radius 1 is 1.05 bits per heavy atom. The van der Waals surface area contributed by atoms with Gasteiger partial charge in [-0.3, -0.25) is 0 Å². The number of methoxy groups -OCH3 is 1. The lowest BCUT2D eigenvalue weighted by atomic mass is 10.1. The molecule has 9 nitrogen and oxygen atoms in total. The minimum Gasteiger partial charge on any atom is -0.475 e. The van der Waals surface area contributed by atoms with Crippen LogP contribution in [0.15, 0.2) is 53.4 Å². The molecule has 0 aliphatic heterocycles. The highest BCUT2D eigenvalue weighted by atomic mass is 32.2. The van der Waals surface area contributed by atoms with Gasteiger partial charge in [0, 0.05) is 38.2 Å². The number of unbranched alkanes of at least 4 members (excludes halogenated alkanes) is 1. The number of pyridine rings is 1. The molecule has 14 heteroatoms. The van der Waals surface area contributed by atoms with Gasteiger partial charge in [0.05, 0.1) is 12.1 Å². The first-order valence-electron chi connectivity index (χ1n) is 12.5. The second-order valence-electron chi connectivity index (χ2n) is 9.42. The highest BCUT2D eigenvalue weighted by molar-refractivity contribution is 7.89. The van der Waals surface area contributed by atoms with Crippen LogP contribution in [0.4, 0.5) is 23.4 Å². The van der Waals surface area contributed by atoms with E-state index in [-0.39, 0.29) is 23.9 Å². The number of fused-ring (bicyclic) bond motifs is 1. The van der Waals surface area contributed by atoms with Gasteiger partial charge >= 0.3 is 12.1 Å². The number of para-hydroxylation sites is 1. The zero-order valence-corrected chi connectivity index (χ0v) is 24.0. The zero-order chi connectivity index (χ0) is 30.8. The van der Waals surface area contributed by atoms with Crippen molar-refractivity contribution in [3.8, 4) is 0 Å². The van der Waals surface area contributed by atoms with E-state index in [1.807, 2.05) is 50.3 Å². The summed E-state index contributed by atoms with van der Waals surface area (Å²) >= 11 is 0. The number of aromatic nitrogens is 1. The number of carboxylic acids is 1. The Balaban J connectivity index is 0.000000745. The summed E-state index contributed by atoms with van der Waals surface area (Å²) in [5.74, 6) is -2.73. The summed E-state index contributed by atoms with van der Waals surface area (Å²) in [5, 5.41) is 7.87. The summed E-state index contributed by atoms with van der Waals surface area (Å²) in [7, 11) is 3.52. The summed E-state index contributed by atoms with van der Waals surface area (Å²) in [6, 6.07) is 13.6. The number of aliphatic carboxylic acids is 1. The van der Waals surface area contributed by atoms with Gasteiger partial charge in [0.1, 0.15) is 16.5 Å². The highest BCUT2D eigenvalue weighted by Gasteiger charge is 2.38. The number of sulfonamides is 1. The van der Waals surface area contributed by atoms with E-state index in [1.54, 1.807) is 18.2 Å². The maximum Gasteiger partial charge on any atom is 0.490 e. The van der Waals surface area contributed by atoms with Crippen molar-refractivity contribution in [2.45, 2.75) is 37.1 Å². The number of alkyl halides is 3. The van der Waals surface area contributed by atoms with Crippen molar-refractivity contribution in [3.63, 3.8) is 0 Å². The number of halogens is 4. The van der Waals surface area contributed by atoms with E-state index in [4.69, 9.17) is 19.6 Å². The van der Waals surface area contributed by atoms with Gasteiger partial charge in [-0.05, 0) is 63.3 Å². The minimum absolute atomic E-state index is 0.0259. The lowest BCUT2D eigenvalue weighted by Crippen LogP contribution is -2.28. The van der Waals surface area contributed by atoms with Gasteiger partial charge in [-0.1, -0.05) is 24.3 Å². The van der Waals surface area contributed by atoms with Crippen molar-refractivity contribution in [2.24, 2.45) is 0 Å². The average molecular weight is 603 g/mol. The molecule has 0 fully saturated rings. The van der Waals surface area contributed by atoms with Crippen molar-refractivity contribution >= 4 is 32.7 Å². The molecule has 1 heterocycles. The number of carbonyl (C=O) groups is 1. The molecule has 2 aromatic carbocycles. The van der Waals surface area contributed by atoms with Crippen LogP contribution in [0.25, 0.3) is 10.9 Å². The second-order valence-corrected chi connectivity index (χ2v) is 11.2. The van der Waals surface area contributed by atoms with Gasteiger partial charge in [0.15, 0.2) is 0 Å². The number of nitrogens with zero attached hydrogens (tertiary/aromatic N) is 3. The third-order valence-electron chi connectivity index (χ3n) is 5.79. The van der Waals surface area contributed by atoms with Crippen LogP contribution < -0.4 is 9.62 Å². The molecule has 0 atom stereocenters. The molecule has 0 amide bonds. The number of hydrogen-bond donors (Lipinski definition) is 2. The van der Waals surface area contributed by atoms with Crippen LogP contribution in [0, 0.1) is 5.82 Å². The predicted octanol–water partition coefficient (Wildman–Crippen LogP) is 4.41. The summed E-state index contributed by atoms with van der Waals surface area (Å²) in [6.07, 6.45) is -3.17. The van der Waals surface area contributed by atoms with Gasteiger partial charge < -0.3 is 19.6 Å². The normalized spacial score (nSPS) is 11.8. The summed E-state index contributed by atoms with van der Waals surface area (Å²) in [4.78, 5) is 17.7. The molecular formula is C27H34F4N4O5S. The number of hydrogen-bond acceptors (Lipinski definition) is 7. The van der Waals surface area contributed by atoms with E-state index in [1.165, 1.54) is 13.2 Å². The van der Waals surface area contributed by atoms with E-state index >= 15 is 0 Å². The van der Waals surface area contributed by atoms with Crippen LogP contribution in [0.1, 0.15) is 24.0 Å². The van der Waals surface area contributed by atoms with E-state index in [0.29, 0.717) is 23.5 Å². The molecule has 0 saturated heterocycles. The van der Waals surface area contributed by atoms with E-state index in [2.05, 4.69) is 9.62 Å². The molecule has 226 valence electrons. The maximum atomic E-state index is 13.9. The Morgan fingerprint density at radius 3 is 2.29 bits per heavy atom. The number of carboxylic acid groups (broad SMARTS) is 1. The number of anilines is 1. The van der Waals surface area contributed by atoms with Crippen LogP contribution in [0.3, 0.4) is 0 Å². The number of benzene rings is 2. The van der Waals surface area contributed by atoms with Crippen LogP contribution >= 0.6 is 0 Å². The Bertz CT molecular complexity index is 1420. The molecule has 0 aliphatic rings. The Morgan fingerprint density at radius 2 is 1.68 bits per heavy atom. The first-order valence-corrected chi connectivity index (χ1v) is 14.0. The van der Waals surface area contributed by atoms with Crippen LogP contribution in [0.2, 0.25) is 0 Å². The van der Waals surface area contributed by atoms with Gasteiger partial charge in [0.25, 0.3) is 0 Å². The van der Waals surface area contributed by atoms with Crippen LogP contribution in [-0.2, 0) is 32.7 Å². The predicted molar refractivity (Wildman–Crippen MR) is 148 cm³/mol. The van der Waals surface area contributed by atoms with Crippen molar-refractivity contribution in [2.75, 3.05) is 46.2 Å². The van der Waals surface area contributed by atoms with Crippen molar-refractivity contribution in [1.82, 2.24) is 14.6 Å². The fraction of sp³-hybridized carbons (Fsp3) is 0.407. The quantitative estimate of drug-likeness (QED) is 0.232. The molecule has 0 aliphatic carbocycles. The van der Waals surface area contributed by atoms with Crippen molar-refractivity contribution in [1.29, 1.82) is 0 Å². The lowest BCUT2D eigenvalue weighted by molar-refractivity contribution is -0.192. The zero-order valence-electron chi connectivity index (χ0n) is 23.2. The molecule has 3 aromatic rings. The number of rotatable bonds is 12. The van der Waals surface area contributed by atoms with Crippen LogP contribution in [0.5, 0.6) is 0 Å². The van der Waals surface area contributed by atoms with Gasteiger partial charge in [0.2, 0.25) is 10.0 Å². The molecule has 0 radical (unpaired) electrons. The minimum atomic E-state index is -5.08. The van der Waals surface area contributed by atoms with Crippen LogP contribution in [-0.4, -0.2) is 76.9 Å². The van der Waals surface area contributed by atoms with Crippen molar-refractivity contribution in [3.05, 3.63) is 65.5 Å². The molecule has 0 saturated carbocycles. The Kier molecular flexibility index (Phi) is 12.4. The second kappa shape index (κ2) is 15.1. The van der Waals surface area contributed by atoms with Gasteiger partial charge in [-0.2, -0.15) is 13.2 Å². The lowest BCUT2D eigenvalue weighted by Gasteiger charge is -2.22. The van der Waals surface area contributed by atoms with Crippen molar-refractivity contribution < 1.29 is 40.6 Å². The smallest absolute Gasteiger partial charge is 0.475 e. The fourth-order valence-electron chi connectivity index (χ4n) is 3.70. The molecular weight excluding hydrogens is 568 g/mol. The monoisotopic (exact) mass is 602 g/mol.